The fraction of sp³-hybridized carbons (Fsp3) is 0.727. The number of allylic oxidation sites excluding steroid dienone is 4. The van der Waals surface area contributed by atoms with Crippen LogP contribution in [0.2, 0.25) is 0 Å². The van der Waals surface area contributed by atoms with E-state index in [4.69, 9.17) is 0 Å². The van der Waals surface area contributed by atoms with Crippen LogP contribution in [0.1, 0.15) is 78.1 Å². The maximum Gasteiger partial charge on any atom is -0.0153 e. The van der Waals surface area contributed by atoms with Crippen molar-refractivity contribution in [2.75, 3.05) is 0 Å². The third kappa shape index (κ3) is 6.04. The summed E-state index contributed by atoms with van der Waals surface area (Å²) < 4.78 is 0. The molecule has 0 nitrogen and oxygen atoms in total. The van der Waals surface area contributed by atoms with Crippen LogP contribution in [0.3, 0.4) is 0 Å². The highest BCUT2D eigenvalue weighted by atomic mass is 14.2. The lowest BCUT2D eigenvalue weighted by atomic mass is 9.81. The average Bonchev–Trinajstić information content (AvgIpc) is 2.59. The van der Waals surface area contributed by atoms with E-state index in [0.29, 0.717) is 0 Å². The van der Waals surface area contributed by atoms with Crippen molar-refractivity contribution in [1.29, 1.82) is 0 Å². The molecule has 0 N–H and O–H groups in total. The predicted molar refractivity (Wildman–Crippen MR) is 97.5 cm³/mol. The van der Waals surface area contributed by atoms with Crippen LogP contribution in [-0.4, -0.2) is 0 Å². The molecule has 2 aliphatic rings. The van der Waals surface area contributed by atoms with E-state index in [1.54, 1.807) is 0 Å². The van der Waals surface area contributed by atoms with Crippen LogP contribution in [0.25, 0.3) is 0 Å². The Labute approximate surface area is 138 Å². The lowest BCUT2D eigenvalue weighted by Crippen LogP contribution is -2.12. The summed E-state index contributed by atoms with van der Waals surface area (Å²) in [6.07, 6.45) is 22.7. The van der Waals surface area contributed by atoms with Crippen molar-refractivity contribution in [2.24, 2.45) is 23.7 Å². The van der Waals surface area contributed by atoms with Crippen LogP contribution < -0.4 is 0 Å². The van der Waals surface area contributed by atoms with Crippen LogP contribution in [0.5, 0.6) is 0 Å². The summed E-state index contributed by atoms with van der Waals surface area (Å²) in [6, 6.07) is 0. The van der Waals surface area contributed by atoms with Crippen molar-refractivity contribution < 1.29 is 0 Å². The second-order valence-electron chi connectivity index (χ2n) is 7.39. The van der Waals surface area contributed by atoms with Crippen molar-refractivity contribution in [3.63, 3.8) is 0 Å². The van der Waals surface area contributed by atoms with E-state index in [2.05, 4.69) is 50.0 Å². The third-order valence-electron chi connectivity index (χ3n) is 5.92. The molecule has 0 heterocycles. The fourth-order valence-corrected chi connectivity index (χ4v) is 4.04. The van der Waals surface area contributed by atoms with Crippen molar-refractivity contribution >= 4 is 0 Å². The van der Waals surface area contributed by atoms with Gasteiger partial charge in [0, 0.05) is 0 Å². The van der Waals surface area contributed by atoms with Gasteiger partial charge < -0.3 is 0 Å². The van der Waals surface area contributed by atoms with E-state index in [0.717, 1.165) is 23.7 Å². The van der Waals surface area contributed by atoms with E-state index in [9.17, 15) is 0 Å². The highest BCUT2D eigenvalue weighted by Gasteiger charge is 2.18. The molecule has 0 aromatic rings. The third-order valence-corrected chi connectivity index (χ3v) is 5.92. The zero-order chi connectivity index (χ0) is 15.6. The van der Waals surface area contributed by atoms with Gasteiger partial charge in [0.1, 0.15) is 0 Å². The summed E-state index contributed by atoms with van der Waals surface area (Å²) >= 11 is 0. The summed E-state index contributed by atoms with van der Waals surface area (Å²) in [5, 5.41) is 0. The monoisotopic (exact) mass is 298 g/mol. The molecule has 0 bridgehead atoms. The van der Waals surface area contributed by atoms with Gasteiger partial charge in [-0.05, 0) is 87.2 Å². The maximum absolute atomic E-state index is 3.20. The first kappa shape index (κ1) is 17.4. The Morgan fingerprint density at radius 1 is 0.636 bits per heavy atom. The minimum Gasteiger partial charge on any atom is -0.0730 e. The largest absolute Gasteiger partial charge is 0.0730 e. The molecule has 0 heteroatoms. The number of hydrogen-bond acceptors (Lipinski definition) is 0. The standard InChI is InChI=1S/C22H34/c1-3-19-11-15-21(16-12-19)9-7-5-6-8-10-22-17-13-20(4-2)14-18-22/h7-10,19-22H,3-4,11-18H2,1-2H3/b9-7+,10-8+. The highest BCUT2D eigenvalue weighted by Crippen LogP contribution is 2.32. The molecule has 0 unspecified atom stereocenters. The van der Waals surface area contributed by atoms with Crippen LogP contribution in [0, 0.1) is 35.5 Å². The van der Waals surface area contributed by atoms with Crippen molar-refractivity contribution in [2.45, 2.75) is 78.1 Å². The van der Waals surface area contributed by atoms with Gasteiger partial charge in [-0.25, -0.2) is 0 Å². The van der Waals surface area contributed by atoms with Gasteiger partial charge in [-0.15, -0.1) is 0 Å². The quantitative estimate of drug-likeness (QED) is 0.517. The van der Waals surface area contributed by atoms with Gasteiger partial charge in [-0.2, -0.15) is 0 Å². The molecule has 2 fully saturated rings. The molecule has 122 valence electrons. The Morgan fingerprint density at radius 3 is 1.32 bits per heavy atom. The van der Waals surface area contributed by atoms with Gasteiger partial charge in [-0.3, -0.25) is 0 Å². The van der Waals surface area contributed by atoms with Crippen molar-refractivity contribution in [3.8, 4) is 11.8 Å². The zero-order valence-corrected chi connectivity index (χ0v) is 14.7. The van der Waals surface area contributed by atoms with E-state index in [1.165, 1.54) is 64.2 Å². The second kappa shape index (κ2) is 9.94. The molecule has 0 saturated heterocycles. The highest BCUT2D eigenvalue weighted by molar-refractivity contribution is 5.24. The molecule has 2 rings (SSSR count). The molecule has 0 aromatic heterocycles. The van der Waals surface area contributed by atoms with Crippen LogP contribution in [-0.2, 0) is 0 Å². The number of hydrogen-bond donors (Lipinski definition) is 0. The molecule has 0 spiro atoms. The van der Waals surface area contributed by atoms with Gasteiger partial charge >= 0.3 is 0 Å². The molecule has 0 aromatic carbocycles. The van der Waals surface area contributed by atoms with Gasteiger partial charge in [0.15, 0.2) is 0 Å². The summed E-state index contributed by atoms with van der Waals surface area (Å²) in [4.78, 5) is 0. The number of rotatable bonds is 4. The fourth-order valence-electron chi connectivity index (χ4n) is 4.04. The smallest absolute Gasteiger partial charge is 0.0153 e. The Morgan fingerprint density at radius 2 is 1.00 bits per heavy atom. The van der Waals surface area contributed by atoms with Gasteiger partial charge in [0.05, 0.1) is 0 Å². The van der Waals surface area contributed by atoms with Crippen LogP contribution in [0.4, 0.5) is 0 Å². The minimum atomic E-state index is 0.783. The SMILES string of the molecule is CCC1CCC(/C=C/C#C/C=C/C2CCC(CC)CC2)CC1. The minimum absolute atomic E-state index is 0.783. The Hall–Kier alpha value is -0.960. The van der Waals surface area contributed by atoms with Crippen molar-refractivity contribution in [3.05, 3.63) is 24.3 Å². The molecular formula is C22H34. The lowest BCUT2D eigenvalue weighted by Gasteiger charge is -2.25. The van der Waals surface area contributed by atoms with Crippen LogP contribution in [0.15, 0.2) is 24.3 Å². The molecule has 2 saturated carbocycles. The molecular weight excluding hydrogens is 264 g/mol. The van der Waals surface area contributed by atoms with E-state index < -0.39 is 0 Å². The normalized spacial score (nSPS) is 33.0. The average molecular weight is 299 g/mol. The summed E-state index contributed by atoms with van der Waals surface area (Å²) in [5.41, 5.74) is 0. The first-order valence-corrected chi connectivity index (χ1v) is 9.66. The zero-order valence-electron chi connectivity index (χ0n) is 14.7. The van der Waals surface area contributed by atoms with Gasteiger partial charge in [-0.1, -0.05) is 50.7 Å². The van der Waals surface area contributed by atoms with E-state index >= 15 is 0 Å². The second-order valence-corrected chi connectivity index (χ2v) is 7.39. The van der Waals surface area contributed by atoms with Crippen molar-refractivity contribution in [1.82, 2.24) is 0 Å². The molecule has 0 atom stereocenters. The first-order valence-electron chi connectivity index (χ1n) is 9.66. The summed E-state index contributed by atoms with van der Waals surface area (Å²) in [5.74, 6) is 9.94. The Kier molecular flexibility index (Phi) is 7.86. The first-order chi connectivity index (χ1) is 10.8. The Balaban J connectivity index is 1.64. The molecule has 2 aliphatic carbocycles. The van der Waals surface area contributed by atoms with Gasteiger partial charge in [0.2, 0.25) is 0 Å². The lowest BCUT2D eigenvalue weighted by molar-refractivity contribution is 0.303. The van der Waals surface area contributed by atoms with E-state index in [1.807, 2.05) is 0 Å². The van der Waals surface area contributed by atoms with E-state index in [-0.39, 0.29) is 0 Å². The van der Waals surface area contributed by atoms with Gasteiger partial charge in [0.25, 0.3) is 0 Å². The maximum atomic E-state index is 3.20. The molecule has 0 aliphatic heterocycles. The van der Waals surface area contributed by atoms with Crippen LogP contribution >= 0.6 is 0 Å². The molecule has 0 radical (unpaired) electrons. The molecule has 22 heavy (non-hydrogen) atoms. The predicted octanol–water partition coefficient (Wildman–Crippen LogP) is 6.54. The summed E-state index contributed by atoms with van der Waals surface area (Å²) in [6.45, 7) is 4.65. The Bertz CT molecular complexity index is 363. The summed E-state index contributed by atoms with van der Waals surface area (Å²) in [7, 11) is 0. The topological polar surface area (TPSA) is 0 Å². The molecule has 0 amide bonds.